The molecule has 0 amide bonds. The summed E-state index contributed by atoms with van der Waals surface area (Å²) in [4.78, 5) is 10.5. The van der Waals surface area contributed by atoms with Crippen LogP contribution in [0.25, 0.3) is 22.4 Å². The van der Waals surface area contributed by atoms with Gasteiger partial charge in [-0.05, 0) is 43.7 Å². The molecule has 1 saturated heterocycles. The molecule has 0 bridgehead atoms. The fraction of sp³-hybridized carbons (Fsp3) is 0.381. The van der Waals surface area contributed by atoms with Gasteiger partial charge in [0.15, 0.2) is 0 Å². The van der Waals surface area contributed by atoms with Gasteiger partial charge >= 0.3 is 0 Å². The van der Waals surface area contributed by atoms with Gasteiger partial charge in [0, 0.05) is 18.7 Å². The first kappa shape index (κ1) is 17.1. The number of ether oxygens (including phenoxy) is 2. The van der Waals surface area contributed by atoms with Gasteiger partial charge < -0.3 is 14.5 Å². The molecule has 4 rings (SSSR count). The Labute approximate surface area is 153 Å². The highest BCUT2D eigenvalue weighted by Crippen LogP contribution is 2.24. The topological polar surface area (TPSA) is 50.4 Å². The molecule has 1 aromatic heterocycles. The third-order valence-electron chi connectivity index (χ3n) is 4.74. The van der Waals surface area contributed by atoms with Crippen molar-refractivity contribution in [2.45, 2.75) is 12.8 Å². The number of para-hydroxylation sites is 2. The van der Waals surface area contributed by atoms with Crippen LogP contribution in [0.5, 0.6) is 5.75 Å². The maximum absolute atomic E-state index is 5.95. The molecule has 5 heteroatoms. The van der Waals surface area contributed by atoms with Crippen LogP contribution < -0.4 is 4.74 Å². The minimum absolute atomic E-state index is 0.744. The first-order valence-electron chi connectivity index (χ1n) is 9.36. The molecule has 0 radical (unpaired) electrons. The van der Waals surface area contributed by atoms with Crippen molar-refractivity contribution in [3.8, 4) is 17.1 Å². The molecular weight excluding hydrogens is 326 g/mol. The second-order valence-electron chi connectivity index (χ2n) is 6.64. The lowest BCUT2D eigenvalue weighted by molar-refractivity contribution is 0.0368. The maximum Gasteiger partial charge on any atom is 0.138 e. The summed E-state index contributed by atoms with van der Waals surface area (Å²) in [7, 11) is 0. The summed E-state index contributed by atoms with van der Waals surface area (Å²) >= 11 is 0. The number of morpholine rings is 1. The van der Waals surface area contributed by atoms with Crippen molar-refractivity contribution in [1.82, 2.24) is 14.9 Å². The Kier molecular flexibility index (Phi) is 5.47. The van der Waals surface area contributed by atoms with Gasteiger partial charge in [-0.1, -0.05) is 24.3 Å². The minimum atomic E-state index is 0.744. The molecule has 3 aromatic rings. The van der Waals surface area contributed by atoms with Crippen molar-refractivity contribution in [3.05, 3.63) is 48.5 Å². The van der Waals surface area contributed by atoms with Crippen LogP contribution in [0.15, 0.2) is 48.5 Å². The van der Waals surface area contributed by atoms with Gasteiger partial charge in [0.2, 0.25) is 0 Å². The molecule has 26 heavy (non-hydrogen) atoms. The lowest BCUT2D eigenvalue weighted by Gasteiger charge is -2.26. The zero-order valence-electron chi connectivity index (χ0n) is 15.0. The molecule has 0 spiro atoms. The first-order chi connectivity index (χ1) is 12.9. The molecule has 0 saturated carbocycles. The van der Waals surface area contributed by atoms with Gasteiger partial charge in [0.05, 0.1) is 30.9 Å². The molecule has 1 aliphatic heterocycles. The highest BCUT2D eigenvalue weighted by Gasteiger charge is 2.09. The Hall–Kier alpha value is -2.37. The van der Waals surface area contributed by atoms with Gasteiger partial charge in [-0.3, -0.25) is 4.90 Å². The Morgan fingerprint density at radius 1 is 1.04 bits per heavy atom. The number of aromatic nitrogens is 2. The largest absolute Gasteiger partial charge is 0.494 e. The van der Waals surface area contributed by atoms with E-state index in [-0.39, 0.29) is 0 Å². The number of aromatic amines is 1. The van der Waals surface area contributed by atoms with Gasteiger partial charge in [-0.15, -0.1) is 0 Å². The van der Waals surface area contributed by atoms with Crippen LogP contribution in [0, 0.1) is 0 Å². The number of nitrogens with one attached hydrogen (secondary N) is 1. The zero-order valence-corrected chi connectivity index (χ0v) is 15.0. The number of unbranched alkanes of at least 4 members (excludes halogenated alkanes) is 1. The van der Waals surface area contributed by atoms with Gasteiger partial charge in [-0.2, -0.15) is 0 Å². The van der Waals surface area contributed by atoms with E-state index in [4.69, 9.17) is 9.47 Å². The van der Waals surface area contributed by atoms with E-state index in [9.17, 15) is 0 Å². The van der Waals surface area contributed by atoms with Crippen molar-refractivity contribution in [1.29, 1.82) is 0 Å². The number of hydrogen-bond acceptors (Lipinski definition) is 4. The van der Waals surface area contributed by atoms with E-state index < -0.39 is 0 Å². The average Bonchev–Trinajstić information content (AvgIpc) is 3.13. The van der Waals surface area contributed by atoms with E-state index >= 15 is 0 Å². The van der Waals surface area contributed by atoms with Crippen molar-refractivity contribution < 1.29 is 9.47 Å². The SMILES string of the molecule is c1cc(OCCCCN2CCOCC2)cc(-c2nc3ccccc3[nH]2)c1. The summed E-state index contributed by atoms with van der Waals surface area (Å²) in [6, 6.07) is 16.2. The number of fused-ring (bicyclic) bond motifs is 1. The van der Waals surface area contributed by atoms with Gasteiger partial charge in [0.25, 0.3) is 0 Å². The van der Waals surface area contributed by atoms with Gasteiger partial charge in [0.1, 0.15) is 11.6 Å². The third kappa shape index (κ3) is 4.23. The third-order valence-corrected chi connectivity index (χ3v) is 4.74. The summed E-state index contributed by atoms with van der Waals surface area (Å²) in [5.74, 6) is 1.78. The van der Waals surface area contributed by atoms with E-state index in [0.717, 1.165) is 80.5 Å². The van der Waals surface area contributed by atoms with E-state index in [1.807, 2.05) is 36.4 Å². The van der Waals surface area contributed by atoms with E-state index in [0.29, 0.717) is 0 Å². The number of rotatable bonds is 7. The average molecular weight is 351 g/mol. The summed E-state index contributed by atoms with van der Waals surface area (Å²) in [5.41, 5.74) is 3.08. The molecule has 0 unspecified atom stereocenters. The molecule has 136 valence electrons. The van der Waals surface area contributed by atoms with E-state index in [1.165, 1.54) is 0 Å². The predicted octanol–water partition coefficient (Wildman–Crippen LogP) is 3.72. The van der Waals surface area contributed by atoms with Crippen LogP contribution >= 0.6 is 0 Å². The number of benzene rings is 2. The fourth-order valence-electron chi connectivity index (χ4n) is 3.27. The van der Waals surface area contributed by atoms with Crippen LogP contribution in [0.4, 0.5) is 0 Å². The number of imidazole rings is 1. The number of nitrogens with zero attached hydrogens (tertiary/aromatic N) is 2. The van der Waals surface area contributed by atoms with Crippen LogP contribution in [0.3, 0.4) is 0 Å². The molecule has 5 nitrogen and oxygen atoms in total. The van der Waals surface area contributed by atoms with Crippen molar-refractivity contribution in [3.63, 3.8) is 0 Å². The Morgan fingerprint density at radius 3 is 2.81 bits per heavy atom. The first-order valence-corrected chi connectivity index (χ1v) is 9.36. The second-order valence-corrected chi connectivity index (χ2v) is 6.64. The summed E-state index contributed by atoms with van der Waals surface area (Å²) in [5, 5.41) is 0. The Bertz CT molecular complexity index is 807. The Morgan fingerprint density at radius 2 is 1.92 bits per heavy atom. The summed E-state index contributed by atoms with van der Waals surface area (Å²) in [6.45, 7) is 5.72. The quantitative estimate of drug-likeness (QED) is 0.659. The van der Waals surface area contributed by atoms with Crippen molar-refractivity contribution in [2.24, 2.45) is 0 Å². The normalized spacial score (nSPS) is 15.4. The molecule has 1 N–H and O–H groups in total. The molecule has 0 atom stereocenters. The summed E-state index contributed by atoms with van der Waals surface area (Å²) < 4.78 is 11.3. The van der Waals surface area contributed by atoms with Crippen LogP contribution in [0.2, 0.25) is 0 Å². The fourth-order valence-corrected chi connectivity index (χ4v) is 3.27. The zero-order chi connectivity index (χ0) is 17.6. The highest BCUT2D eigenvalue weighted by molar-refractivity contribution is 5.79. The van der Waals surface area contributed by atoms with E-state index in [2.05, 4.69) is 27.0 Å². The van der Waals surface area contributed by atoms with Crippen LogP contribution in [0.1, 0.15) is 12.8 Å². The molecule has 1 fully saturated rings. The highest BCUT2D eigenvalue weighted by atomic mass is 16.5. The molecule has 2 heterocycles. The molecule has 1 aliphatic rings. The Balaban J connectivity index is 1.30. The minimum Gasteiger partial charge on any atom is -0.494 e. The predicted molar refractivity (Wildman–Crippen MR) is 104 cm³/mol. The molecule has 2 aromatic carbocycles. The number of H-pyrrole nitrogens is 1. The molecule has 0 aliphatic carbocycles. The molecular formula is C21H25N3O2. The van der Waals surface area contributed by atoms with Gasteiger partial charge in [-0.25, -0.2) is 4.98 Å². The van der Waals surface area contributed by atoms with Crippen LogP contribution in [-0.2, 0) is 4.74 Å². The summed E-state index contributed by atoms with van der Waals surface area (Å²) in [6.07, 6.45) is 2.22. The lowest BCUT2D eigenvalue weighted by atomic mass is 10.2. The monoisotopic (exact) mass is 351 g/mol. The van der Waals surface area contributed by atoms with Crippen LogP contribution in [-0.4, -0.2) is 54.3 Å². The number of hydrogen-bond donors (Lipinski definition) is 1. The standard InChI is InChI=1S/C21H25N3O2/c1-2-9-20-19(8-1)22-21(23-20)17-6-5-7-18(16-17)26-13-4-3-10-24-11-14-25-15-12-24/h1-2,5-9,16H,3-4,10-15H2,(H,22,23). The maximum atomic E-state index is 5.95. The van der Waals surface area contributed by atoms with Crippen molar-refractivity contribution in [2.75, 3.05) is 39.5 Å². The van der Waals surface area contributed by atoms with E-state index in [1.54, 1.807) is 0 Å². The smallest absolute Gasteiger partial charge is 0.138 e. The van der Waals surface area contributed by atoms with Crippen molar-refractivity contribution >= 4 is 11.0 Å². The second kappa shape index (κ2) is 8.34. The lowest BCUT2D eigenvalue weighted by Crippen LogP contribution is -2.36.